The fourth-order valence-corrected chi connectivity index (χ4v) is 3.65. The number of aryl methyl sites for hydroxylation is 1. The Labute approximate surface area is 150 Å². The average molecular weight is 357 g/mol. The van der Waals surface area contributed by atoms with Gasteiger partial charge in [0.2, 0.25) is 5.91 Å². The van der Waals surface area contributed by atoms with Crippen molar-refractivity contribution < 1.29 is 19.1 Å². The highest BCUT2D eigenvalue weighted by molar-refractivity contribution is 7.99. The van der Waals surface area contributed by atoms with E-state index in [1.54, 1.807) is 25.3 Å². The Morgan fingerprint density at radius 1 is 1.28 bits per heavy atom. The molecule has 2 N–H and O–H groups in total. The van der Waals surface area contributed by atoms with Crippen LogP contribution in [0.15, 0.2) is 39.6 Å². The number of methoxy groups -OCH3 is 1. The van der Waals surface area contributed by atoms with Gasteiger partial charge in [-0.15, -0.1) is 11.8 Å². The molecule has 0 saturated carbocycles. The van der Waals surface area contributed by atoms with E-state index in [1.165, 1.54) is 18.7 Å². The van der Waals surface area contributed by atoms with Crippen LogP contribution in [0.4, 0.5) is 5.69 Å². The molecule has 0 spiro atoms. The summed E-state index contributed by atoms with van der Waals surface area (Å²) in [7, 11) is 1.55. The van der Waals surface area contributed by atoms with Gasteiger partial charge in [-0.25, -0.2) is 0 Å². The lowest BCUT2D eigenvalue weighted by Gasteiger charge is -2.08. The Morgan fingerprint density at radius 3 is 2.64 bits per heavy atom. The van der Waals surface area contributed by atoms with Crippen molar-refractivity contribution in [1.29, 1.82) is 0 Å². The predicted molar refractivity (Wildman–Crippen MR) is 101 cm³/mol. The molecule has 0 saturated heterocycles. The van der Waals surface area contributed by atoms with Gasteiger partial charge in [0.05, 0.1) is 17.6 Å². The number of ether oxygens (including phenoxy) is 1. The third-order valence-corrected chi connectivity index (χ3v) is 4.83. The van der Waals surface area contributed by atoms with Gasteiger partial charge in [0.25, 0.3) is 0 Å². The number of phenolic OH excluding ortho intramolecular Hbond substituents is 1. The minimum Gasteiger partial charge on any atom is -0.507 e. The summed E-state index contributed by atoms with van der Waals surface area (Å²) in [5, 5.41) is 14.1. The first kappa shape index (κ1) is 17.2. The van der Waals surface area contributed by atoms with Crippen molar-refractivity contribution in [3.8, 4) is 22.8 Å². The molecule has 0 unspecified atom stereocenters. The highest BCUT2D eigenvalue weighted by Crippen LogP contribution is 2.45. The van der Waals surface area contributed by atoms with Gasteiger partial charge in [-0.2, -0.15) is 0 Å². The van der Waals surface area contributed by atoms with E-state index in [0.717, 1.165) is 21.5 Å². The smallest absolute Gasteiger partial charge is 0.221 e. The summed E-state index contributed by atoms with van der Waals surface area (Å²) >= 11 is 1.54. The van der Waals surface area contributed by atoms with Crippen molar-refractivity contribution in [3.63, 3.8) is 0 Å². The minimum atomic E-state index is -0.121. The molecule has 1 heterocycles. The molecular weight excluding hydrogens is 338 g/mol. The summed E-state index contributed by atoms with van der Waals surface area (Å²) in [6, 6.07) is 8.77. The van der Waals surface area contributed by atoms with E-state index in [2.05, 4.69) is 5.32 Å². The number of furan rings is 1. The zero-order chi connectivity index (χ0) is 18.1. The summed E-state index contributed by atoms with van der Waals surface area (Å²) in [6.45, 7) is 3.43. The van der Waals surface area contributed by atoms with Crippen LogP contribution in [0.5, 0.6) is 11.5 Å². The molecule has 1 aromatic heterocycles. The van der Waals surface area contributed by atoms with Crippen LogP contribution in [0.2, 0.25) is 0 Å². The predicted octanol–water partition coefficient (Wildman–Crippen LogP) is 4.80. The molecule has 0 atom stereocenters. The molecule has 0 radical (unpaired) electrons. The van der Waals surface area contributed by atoms with E-state index in [0.29, 0.717) is 22.7 Å². The van der Waals surface area contributed by atoms with Crippen LogP contribution in [0.25, 0.3) is 22.3 Å². The maximum Gasteiger partial charge on any atom is 0.221 e. The molecule has 130 valence electrons. The van der Waals surface area contributed by atoms with Crippen LogP contribution in [0, 0.1) is 6.92 Å². The number of rotatable bonds is 4. The number of hydrogen-bond acceptors (Lipinski definition) is 5. The number of fused-ring (bicyclic) bond motifs is 1. The number of carbonyl (C=O) groups is 1. The number of benzene rings is 2. The lowest BCUT2D eigenvalue weighted by molar-refractivity contribution is -0.114. The monoisotopic (exact) mass is 357 g/mol. The van der Waals surface area contributed by atoms with Gasteiger partial charge in [-0.3, -0.25) is 4.79 Å². The lowest BCUT2D eigenvalue weighted by atomic mass is 10.1. The van der Waals surface area contributed by atoms with Crippen molar-refractivity contribution in [1.82, 2.24) is 0 Å². The van der Waals surface area contributed by atoms with E-state index in [9.17, 15) is 9.90 Å². The third-order valence-electron chi connectivity index (χ3n) is 4.04. The molecule has 0 aliphatic heterocycles. The van der Waals surface area contributed by atoms with E-state index < -0.39 is 0 Å². The van der Waals surface area contributed by atoms with Crippen molar-refractivity contribution in [2.45, 2.75) is 18.7 Å². The molecule has 3 rings (SSSR count). The van der Waals surface area contributed by atoms with E-state index in [-0.39, 0.29) is 11.7 Å². The largest absolute Gasteiger partial charge is 0.507 e. The highest BCUT2D eigenvalue weighted by Gasteiger charge is 2.21. The third kappa shape index (κ3) is 3.05. The van der Waals surface area contributed by atoms with Crippen LogP contribution in [-0.2, 0) is 4.79 Å². The normalized spacial score (nSPS) is 10.9. The highest BCUT2D eigenvalue weighted by atomic mass is 32.2. The SMILES string of the molecule is COc1ccc(-c2oc3ccc(NC(C)=O)c(C)c3c2SC)c(O)c1. The van der Waals surface area contributed by atoms with E-state index in [1.807, 2.05) is 25.3 Å². The van der Waals surface area contributed by atoms with E-state index in [4.69, 9.17) is 9.15 Å². The summed E-state index contributed by atoms with van der Waals surface area (Å²) in [5.74, 6) is 1.15. The van der Waals surface area contributed by atoms with Gasteiger partial charge in [-0.1, -0.05) is 0 Å². The van der Waals surface area contributed by atoms with Crippen LogP contribution in [-0.4, -0.2) is 24.4 Å². The summed E-state index contributed by atoms with van der Waals surface area (Å²) in [5.41, 5.74) is 2.99. The number of phenols is 1. The molecule has 0 aliphatic rings. The maximum atomic E-state index is 11.4. The zero-order valence-corrected chi connectivity index (χ0v) is 15.3. The molecule has 25 heavy (non-hydrogen) atoms. The van der Waals surface area contributed by atoms with E-state index >= 15 is 0 Å². The number of thioether (sulfide) groups is 1. The van der Waals surface area contributed by atoms with Crippen molar-refractivity contribution in [3.05, 3.63) is 35.9 Å². The second-order valence-corrected chi connectivity index (χ2v) is 6.46. The van der Waals surface area contributed by atoms with Gasteiger partial charge in [-0.05, 0) is 43.0 Å². The number of aromatic hydroxyl groups is 1. The first-order valence-corrected chi connectivity index (χ1v) is 8.93. The van der Waals surface area contributed by atoms with Gasteiger partial charge < -0.3 is 19.6 Å². The Kier molecular flexibility index (Phi) is 4.63. The second kappa shape index (κ2) is 6.72. The van der Waals surface area contributed by atoms with Gasteiger partial charge in [0.1, 0.15) is 17.1 Å². The number of anilines is 1. The first-order valence-electron chi connectivity index (χ1n) is 7.71. The number of carbonyl (C=O) groups excluding carboxylic acids is 1. The quantitative estimate of drug-likeness (QED) is 0.656. The minimum absolute atomic E-state index is 0.0912. The second-order valence-electron chi connectivity index (χ2n) is 5.64. The summed E-state index contributed by atoms with van der Waals surface area (Å²) in [4.78, 5) is 12.3. The molecule has 0 aliphatic carbocycles. The van der Waals surface area contributed by atoms with Gasteiger partial charge in [0.15, 0.2) is 5.76 Å². The van der Waals surface area contributed by atoms with Crippen LogP contribution >= 0.6 is 11.8 Å². The Balaban J connectivity index is 2.23. The maximum absolute atomic E-state index is 11.4. The van der Waals surface area contributed by atoms with Gasteiger partial charge in [0, 0.05) is 24.1 Å². The van der Waals surface area contributed by atoms with Crippen molar-refractivity contribution in [2.24, 2.45) is 0 Å². The lowest BCUT2D eigenvalue weighted by Crippen LogP contribution is -2.07. The Morgan fingerprint density at radius 2 is 2.04 bits per heavy atom. The molecule has 6 heteroatoms. The van der Waals surface area contributed by atoms with Crippen molar-refractivity contribution in [2.75, 3.05) is 18.7 Å². The molecule has 2 aromatic carbocycles. The van der Waals surface area contributed by atoms with Crippen LogP contribution in [0.3, 0.4) is 0 Å². The summed E-state index contributed by atoms with van der Waals surface area (Å²) in [6.07, 6.45) is 1.96. The fourth-order valence-electron chi connectivity index (χ4n) is 2.85. The molecule has 0 bridgehead atoms. The standard InChI is InChI=1S/C19H19NO4S/c1-10-14(20-11(2)21)7-8-16-17(10)19(25-4)18(24-16)13-6-5-12(23-3)9-15(13)22/h5-9,22H,1-4H3,(H,20,21). The fraction of sp³-hybridized carbons (Fsp3) is 0.211. The number of nitrogens with one attached hydrogen (secondary N) is 1. The number of amides is 1. The molecule has 0 fully saturated rings. The molecule has 3 aromatic rings. The molecular formula is C19H19NO4S. The van der Waals surface area contributed by atoms with Crippen LogP contribution in [0.1, 0.15) is 12.5 Å². The van der Waals surface area contributed by atoms with Gasteiger partial charge >= 0.3 is 0 Å². The van der Waals surface area contributed by atoms with Crippen molar-refractivity contribution >= 4 is 34.3 Å². The number of hydrogen-bond donors (Lipinski definition) is 2. The zero-order valence-electron chi connectivity index (χ0n) is 14.5. The van der Waals surface area contributed by atoms with Crippen LogP contribution < -0.4 is 10.1 Å². The molecule has 1 amide bonds. The summed E-state index contributed by atoms with van der Waals surface area (Å²) < 4.78 is 11.2. The Hall–Kier alpha value is -2.60. The topological polar surface area (TPSA) is 71.7 Å². The average Bonchev–Trinajstić information content (AvgIpc) is 2.96. The Bertz CT molecular complexity index is 962. The first-order chi connectivity index (χ1) is 12.0. The molecule has 5 nitrogen and oxygen atoms in total.